The minimum Gasteiger partial charge on any atom is -0.368 e. The van der Waals surface area contributed by atoms with E-state index in [-0.39, 0.29) is 24.7 Å². The highest BCUT2D eigenvalue weighted by Gasteiger charge is 2.17. The molecule has 0 aromatic rings. The third kappa shape index (κ3) is 8.26. The van der Waals surface area contributed by atoms with E-state index in [1.165, 1.54) is 6.92 Å². The minimum absolute atomic E-state index is 0.0407. The van der Waals surface area contributed by atoms with Gasteiger partial charge in [0, 0.05) is 26.3 Å². The summed E-state index contributed by atoms with van der Waals surface area (Å²) in [5.41, 5.74) is 5.15. The number of hydrogen-bond donors (Lipinski definition) is 3. The molecule has 0 rings (SSSR count). The van der Waals surface area contributed by atoms with Crippen LogP contribution in [0.25, 0.3) is 0 Å². The monoisotopic (exact) mass is 257 g/mol. The van der Waals surface area contributed by atoms with Gasteiger partial charge in [0.15, 0.2) is 0 Å². The molecule has 0 spiro atoms. The molecule has 0 aromatic heterocycles. The predicted octanol–water partition coefficient (Wildman–Crippen LogP) is -1.15. The first-order valence-corrected chi connectivity index (χ1v) is 5.74. The van der Waals surface area contributed by atoms with E-state index < -0.39 is 11.9 Å². The minimum atomic E-state index is -0.766. The second-order valence-electron chi connectivity index (χ2n) is 3.85. The molecule has 18 heavy (non-hydrogen) atoms. The molecule has 7 heteroatoms. The molecule has 0 aliphatic heterocycles. The Kier molecular flexibility index (Phi) is 8.17. The summed E-state index contributed by atoms with van der Waals surface area (Å²) in [6, 6.07) is -0.766. The molecule has 0 aliphatic rings. The molecule has 0 bridgehead atoms. The number of amides is 3. The number of hydrogen-bond acceptors (Lipinski definition) is 4. The summed E-state index contributed by atoms with van der Waals surface area (Å²) in [5, 5.41) is 5.03. The molecule has 0 radical (unpaired) electrons. The van der Waals surface area contributed by atoms with Gasteiger partial charge in [-0.15, -0.1) is 0 Å². The van der Waals surface area contributed by atoms with Crippen LogP contribution in [0.3, 0.4) is 0 Å². The molecule has 0 fully saturated rings. The van der Waals surface area contributed by atoms with Crippen molar-refractivity contribution in [3.63, 3.8) is 0 Å². The Balaban J connectivity index is 3.99. The Hall–Kier alpha value is -1.92. The molecule has 0 aromatic carbocycles. The van der Waals surface area contributed by atoms with E-state index in [2.05, 4.69) is 10.6 Å². The van der Waals surface area contributed by atoms with Crippen LogP contribution < -0.4 is 16.4 Å². The van der Waals surface area contributed by atoms with Gasteiger partial charge in [-0.2, -0.15) is 0 Å². The summed E-state index contributed by atoms with van der Waals surface area (Å²) in [6.07, 6.45) is 1.67. The lowest BCUT2D eigenvalue weighted by molar-refractivity contribution is -0.128. The number of primary amides is 1. The van der Waals surface area contributed by atoms with Crippen LogP contribution in [0.4, 0.5) is 0 Å². The van der Waals surface area contributed by atoms with Crippen LogP contribution >= 0.6 is 0 Å². The van der Waals surface area contributed by atoms with E-state index in [0.29, 0.717) is 25.7 Å². The van der Waals surface area contributed by atoms with Gasteiger partial charge in [-0.05, 0) is 12.8 Å². The number of nitrogens with two attached hydrogens (primary N) is 1. The lowest BCUT2D eigenvalue weighted by Gasteiger charge is -2.15. The van der Waals surface area contributed by atoms with Gasteiger partial charge in [0.25, 0.3) is 0 Å². The zero-order valence-corrected chi connectivity index (χ0v) is 10.4. The van der Waals surface area contributed by atoms with E-state index in [0.717, 1.165) is 0 Å². The van der Waals surface area contributed by atoms with Gasteiger partial charge in [-0.3, -0.25) is 14.4 Å². The van der Waals surface area contributed by atoms with Crippen molar-refractivity contribution < 1.29 is 19.2 Å². The third-order valence-corrected chi connectivity index (χ3v) is 2.21. The zero-order valence-electron chi connectivity index (χ0n) is 10.4. The fraction of sp³-hybridized carbons (Fsp3) is 0.636. The quantitative estimate of drug-likeness (QED) is 0.357. The summed E-state index contributed by atoms with van der Waals surface area (Å²) in [5.74, 6) is -1.16. The van der Waals surface area contributed by atoms with Gasteiger partial charge >= 0.3 is 0 Å². The number of carbonyl (C=O) groups excluding carboxylic acids is 4. The van der Waals surface area contributed by atoms with Crippen molar-refractivity contribution in [2.75, 3.05) is 6.54 Å². The zero-order chi connectivity index (χ0) is 14.0. The van der Waals surface area contributed by atoms with Crippen LogP contribution in [0.2, 0.25) is 0 Å². The van der Waals surface area contributed by atoms with Gasteiger partial charge in [-0.25, -0.2) is 0 Å². The number of nitrogens with one attached hydrogen (secondary N) is 2. The predicted molar refractivity (Wildman–Crippen MR) is 64.3 cm³/mol. The van der Waals surface area contributed by atoms with Crippen LogP contribution in [0.1, 0.15) is 32.6 Å². The topological polar surface area (TPSA) is 118 Å². The summed E-state index contributed by atoms with van der Waals surface area (Å²) < 4.78 is 0. The van der Waals surface area contributed by atoms with Gasteiger partial charge in [0.05, 0.1) is 0 Å². The molecule has 0 unspecified atom stereocenters. The molecule has 3 amide bonds. The van der Waals surface area contributed by atoms with Crippen molar-refractivity contribution in [3.8, 4) is 0 Å². The average molecular weight is 257 g/mol. The van der Waals surface area contributed by atoms with Crippen molar-refractivity contribution in [3.05, 3.63) is 0 Å². The second-order valence-corrected chi connectivity index (χ2v) is 3.85. The largest absolute Gasteiger partial charge is 0.368 e. The molecule has 7 nitrogen and oxygen atoms in total. The van der Waals surface area contributed by atoms with E-state index in [1.807, 2.05) is 0 Å². The molecular weight excluding hydrogens is 238 g/mol. The van der Waals surface area contributed by atoms with Crippen molar-refractivity contribution in [1.82, 2.24) is 10.6 Å². The number of rotatable bonds is 9. The third-order valence-electron chi connectivity index (χ3n) is 2.21. The first-order chi connectivity index (χ1) is 8.47. The fourth-order valence-corrected chi connectivity index (χ4v) is 1.31. The van der Waals surface area contributed by atoms with E-state index in [9.17, 15) is 19.2 Å². The van der Waals surface area contributed by atoms with Crippen molar-refractivity contribution in [2.24, 2.45) is 5.73 Å². The normalized spacial score (nSPS) is 11.4. The highest BCUT2D eigenvalue weighted by Crippen LogP contribution is 1.97. The number of carbonyl (C=O) groups is 4. The maximum absolute atomic E-state index is 11.3. The lowest BCUT2D eigenvalue weighted by Crippen LogP contribution is -2.44. The first kappa shape index (κ1) is 16.1. The Morgan fingerprint density at radius 1 is 1.33 bits per heavy atom. The molecule has 102 valence electrons. The summed E-state index contributed by atoms with van der Waals surface area (Å²) >= 11 is 0. The molecule has 0 saturated heterocycles. The van der Waals surface area contributed by atoms with Gasteiger partial charge in [-0.1, -0.05) is 0 Å². The van der Waals surface area contributed by atoms with Crippen molar-refractivity contribution in [1.29, 1.82) is 0 Å². The summed E-state index contributed by atoms with van der Waals surface area (Å²) in [4.78, 5) is 43.1. The fourth-order valence-electron chi connectivity index (χ4n) is 1.31. The molecule has 0 saturated carbocycles. The SMILES string of the molecule is CC(=O)NCCC[C@H](NC(=O)CCC=O)C(N)=O. The van der Waals surface area contributed by atoms with Crippen LogP contribution in [0.15, 0.2) is 0 Å². The standard InChI is InChI=1S/C11H19N3O4/c1-8(16)13-6-2-4-9(11(12)18)14-10(17)5-3-7-15/h7,9H,2-6H2,1H3,(H2,12,18)(H,13,16)(H,14,17)/t9-/m0/s1. The molecule has 1 atom stereocenters. The average Bonchev–Trinajstić information content (AvgIpc) is 2.29. The molecule has 4 N–H and O–H groups in total. The molecular formula is C11H19N3O4. The highest BCUT2D eigenvalue weighted by molar-refractivity contribution is 5.87. The Bertz CT molecular complexity index is 317. The smallest absolute Gasteiger partial charge is 0.240 e. The maximum atomic E-state index is 11.3. The van der Waals surface area contributed by atoms with E-state index in [1.54, 1.807) is 0 Å². The molecule has 0 heterocycles. The Morgan fingerprint density at radius 2 is 2.00 bits per heavy atom. The Morgan fingerprint density at radius 3 is 2.50 bits per heavy atom. The second kappa shape index (κ2) is 9.15. The Labute approximate surface area is 105 Å². The lowest BCUT2D eigenvalue weighted by atomic mass is 10.1. The van der Waals surface area contributed by atoms with E-state index >= 15 is 0 Å². The summed E-state index contributed by atoms with van der Waals surface area (Å²) in [6.45, 7) is 1.82. The maximum Gasteiger partial charge on any atom is 0.240 e. The van der Waals surface area contributed by atoms with Gasteiger partial charge < -0.3 is 21.2 Å². The summed E-state index contributed by atoms with van der Waals surface area (Å²) in [7, 11) is 0. The highest BCUT2D eigenvalue weighted by atomic mass is 16.2. The van der Waals surface area contributed by atoms with Crippen LogP contribution in [-0.2, 0) is 19.2 Å². The van der Waals surface area contributed by atoms with Crippen molar-refractivity contribution >= 4 is 24.0 Å². The van der Waals surface area contributed by atoms with E-state index in [4.69, 9.17) is 5.73 Å². The van der Waals surface area contributed by atoms with Crippen LogP contribution in [-0.4, -0.2) is 36.6 Å². The first-order valence-electron chi connectivity index (χ1n) is 5.74. The van der Waals surface area contributed by atoms with Crippen LogP contribution in [0, 0.1) is 0 Å². The number of aldehydes is 1. The molecule has 0 aliphatic carbocycles. The van der Waals surface area contributed by atoms with Crippen molar-refractivity contribution in [2.45, 2.75) is 38.6 Å². The van der Waals surface area contributed by atoms with Gasteiger partial charge in [0.1, 0.15) is 12.3 Å². The van der Waals surface area contributed by atoms with Gasteiger partial charge in [0.2, 0.25) is 17.7 Å². The van der Waals surface area contributed by atoms with Crippen LogP contribution in [0.5, 0.6) is 0 Å².